The summed E-state index contributed by atoms with van der Waals surface area (Å²) >= 11 is 6.57. The molecule has 2 aromatic rings. The van der Waals surface area contributed by atoms with Crippen LogP contribution in [0.15, 0.2) is 18.2 Å². The van der Waals surface area contributed by atoms with E-state index < -0.39 is 11.7 Å². The van der Waals surface area contributed by atoms with Crippen LogP contribution in [0.2, 0.25) is 0 Å². The quantitative estimate of drug-likeness (QED) is 0.766. The number of nitrogens with one attached hydrogen (secondary N) is 2. The van der Waals surface area contributed by atoms with Crippen LogP contribution in [0.25, 0.3) is 10.2 Å². The molecule has 2 rings (SSSR count). The number of carbonyl (C=O) groups excluding carboxylic acids is 1. The van der Waals surface area contributed by atoms with E-state index in [-0.39, 0.29) is 0 Å². The second-order valence-electron chi connectivity index (χ2n) is 4.85. The highest BCUT2D eigenvalue weighted by Gasteiger charge is 2.16. The van der Waals surface area contributed by atoms with Crippen molar-refractivity contribution < 1.29 is 9.53 Å². The lowest BCUT2D eigenvalue weighted by Crippen LogP contribution is -2.27. The van der Waals surface area contributed by atoms with Crippen LogP contribution in [0.3, 0.4) is 0 Å². The summed E-state index contributed by atoms with van der Waals surface area (Å²) in [6.07, 6.45) is -0.462. The molecule has 0 aliphatic heterocycles. The molecule has 0 saturated carbocycles. The van der Waals surface area contributed by atoms with Gasteiger partial charge in [0.15, 0.2) is 3.95 Å². The van der Waals surface area contributed by atoms with Gasteiger partial charge < -0.3 is 9.72 Å². The van der Waals surface area contributed by atoms with Crippen molar-refractivity contribution in [2.24, 2.45) is 0 Å². The highest BCUT2D eigenvalue weighted by molar-refractivity contribution is 7.73. The van der Waals surface area contributed by atoms with Gasteiger partial charge in [-0.05, 0) is 51.2 Å². The molecule has 1 aromatic carbocycles. The van der Waals surface area contributed by atoms with E-state index in [2.05, 4.69) is 10.3 Å². The van der Waals surface area contributed by atoms with Gasteiger partial charge >= 0.3 is 6.09 Å². The number of ether oxygens (including phenoxy) is 1. The molecule has 0 aliphatic rings. The number of carbonyl (C=O) groups is 1. The third-order valence-corrected chi connectivity index (χ3v) is 3.28. The predicted molar refractivity (Wildman–Crippen MR) is 76.9 cm³/mol. The Balaban J connectivity index is 2.17. The van der Waals surface area contributed by atoms with Gasteiger partial charge in [0.25, 0.3) is 0 Å². The Morgan fingerprint density at radius 1 is 1.44 bits per heavy atom. The number of benzene rings is 1. The molecular weight excluding hydrogens is 268 g/mol. The lowest BCUT2D eigenvalue weighted by molar-refractivity contribution is 0.0636. The number of rotatable bonds is 1. The van der Waals surface area contributed by atoms with Crippen molar-refractivity contribution >= 4 is 45.6 Å². The molecule has 18 heavy (non-hydrogen) atoms. The van der Waals surface area contributed by atoms with Crippen LogP contribution in [-0.4, -0.2) is 16.7 Å². The number of H-pyrrole nitrogens is 1. The van der Waals surface area contributed by atoms with Crippen molar-refractivity contribution in [3.05, 3.63) is 22.2 Å². The van der Waals surface area contributed by atoms with E-state index in [9.17, 15) is 4.79 Å². The predicted octanol–water partition coefficient (Wildman–Crippen LogP) is 4.31. The first-order valence-electron chi connectivity index (χ1n) is 5.46. The zero-order valence-electron chi connectivity index (χ0n) is 10.4. The number of amides is 1. The van der Waals surface area contributed by atoms with Crippen molar-refractivity contribution in [3.8, 4) is 0 Å². The minimum absolute atomic E-state index is 0.462. The van der Waals surface area contributed by atoms with Crippen LogP contribution in [0, 0.1) is 3.95 Å². The molecule has 1 aromatic heterocycles. The number of hydrogen-bond donors (Lipinski definition) is 2. The van der Waals surface area contributed by atoms with E-state index >= 15 is 0 Å². The largest absolute Gasteiger partial charge is 0.444 e. The Hall–Kier alpha value is -1.40. The van der Waals surface area contributed by atoms with Crippen LogP contribution < -0.4 is 5.32 Å². The van der Waals surface area contributed by atoms with Crippen molar-refractivity contribution in [1.29, 1.82) is 0 Å². The van der Waals surface area contributed by atoms with Gasteiger partial charge in [0.05, 0.1) is 10.2 Å². The Bertz CT molecular complexity index is 637. The molecule has 0 bridgehead atoms. The van der Waals surface area contributed by atoms with E-state index in [1.54, 1.807) is 0 Å². The molecule has 96 valence electrons. The standard InChI is InChI=1S/C12H14N2O2S2/c1-12(2,3)16-10(15)13-7-4-5-9-8(6-7)14-11(17)18-9/h4-6H,1-3H3,(H,13,15)(H,14,17). The SMILES string of the molecule is CC(C)(C)OC(=O)Nc1ccc2sc(=S)[nH]c2c1. The highest BCUT2D eigenvalue weighted by Crippen LogP contribution is 2.23. The molecule has 1 heterocycles. The van der Waals surface area contributed by atoms with E-state index in [4.69, 9.17) is 17.0 Å². The summed E-state index contributed by atoms with van der Waals surface area (Å²) in [7, 11) is 0. The lowest BCUT2D eigenvalue weighted by Gasteiger charge is -2.19. The number of hydrogen-bond acceptors (Lipinski definition) is 4. The summed E-state index contributed by atoms with van der Waals surface area (Å²) < 4.78 is 6.97. The first kappa shape index (κ1) is 13.0. The average molecular weight is 282 g/mol. The maximum Gasteiger partial charge on any atom is 0.412 e. The summed E-state index contributed by atoms with van der Waals surface area (Å²) in [5.41, 5.74) is 1.09. The van der Waals surface area contributed by atoms with Crippen molar-refractivity contribution in [3.63, 3.8) is 0 Å². The lowest BCUT2D eigenvalue weighted by atomic mass is 10.2. The van der Waals surface area contributed by atoms with Gasteiger partial charge in [-0.3, -0.25) is 5.32 Å². The minimum atomic E-state index is -0.503. The Morgan fingerprint density at radius 2 is 2.17 bits per heavy atom. The van der Waals surface area contributed by atoms with Crippen LogP contribution in [0.1, 0.15) is 20.8 Å². The van der Waals surface area contributed by atoms with Gasteiger partial charge in [0.2, 0.25) is 0 Å². The summed E-state index contributed by atoms with van der Waals surface area (Å²) in [6.45, 7) is 5.48. The molecule has 0 atom stereocenters. The fraction of sp³-hybridized carbons (Fsp3) is 0.333. The molecule has 6 heteroatoms. The third-order valence-electron chi connectivity index (χ3n) is 2.06. The Labute approximate surface area is 114 Å². The molecular formula is C12H14N2O2S2. The van der Waals surface area contributed by atoms with Crippen molar-refractivity contribution in [2.45, 2.75) is 26.4 Å². The average Bonchev–Trinajstić information content (AvgIpc) is 2.53. The molecule has 0 unspecified atom stereocenters. The molecule has 4 nitrogen and oxygen atoms in total. The number of thiazole rings is 1. The molecule has 0 aliphatic carbocycles. The van der Waals surface area contributed by atoms with E-state index in [1.165, 1.54) is 11.3 Å². The van der Waals surface area contributed by atoms with Crippen LogP contribution in [0.4, 0.5) is 10.5 Å². The summed E-state index contributed by atoms with van der Waals surface area (Å²) in [6, 6.07) is 5.58. The summed E-state index contributed by atoms with van der Waals surface area (Å²) in [5.74, 6) is 0. The maximum absolute atomic E-state index is 11.6. The second-order valence-corrected chi connectivity index (χ2v) is 6.57. The molecule has 0 radical (unpaired) electrons. The monoisotopic (exact) mass is 282 g/mol. The van der Waals surface area contributed by atoms with Gasteiger partial charge in [-0.2, -0.15) is 0 Å². The maximum atomic E-state index is 11.6. The first-order valence-corrected chi connectivity index (χ1v) is 6.69. The minimum Gasteiger partial charge on any atom is -0.444 e. The number of anilines is 1. The fourth-order valence-corrected chi connectivity index (χ4v) is 2.55. The van der Waals surface area contributed by atoms with Gasteiger partial charge in [-0.1, -0.05) is 0 Å². The zero-order valence-corrected chi connectivity index (χ0v) is 12.0. The van der Waals surface area contributed by atoms with Gasteiger partial charge in [0.1, 0.15) is 5.60 Å². The van der Waals surface area contributed by atoms with Gasteiger partial charge in [-0.25, -0.2) is 4.79 Å². The molecule has 0 spiro atoms. The summed E-state index contributed by atoms with van der Waals surface area (Å²) in [5, 5.41) is 2.69. The Morgan fingerprint density at radius 3 is 2.83 bits per heavy atom. The zero-order chi connectivity index (χ0) is 13.3. The normalized spacial score (nSPS) is 11.5. The van der Waals surface area contributed by atoms with Crippen molar-refractivity contribution in [1.82, 2.24) is 4.98 Å². The van der Waals surface area contributed by atoms with Gasteiger partial charge in [0, 0.05) is 5.69 Å². The number of aromatic amines is 1. The topological polar surface area (TPSA) is 54.1 Å². The molecule has 0 fully saturated rings. The molecule has 2 N–H and O–H groups in total. The molecule has 0 saturated heterocycles. The number of aromatic nitrogens is 1. The number of fused-ring (bicyclic) bond motifs is 1. The van der Waals surface area contributed by atoms with Crippen molar-refractivity contribution in [2.75, 3.05) is 5.32 Å². The Kier molecular flexibility index (Phi) is 3.41. The first-order chi connectivity index (χ1) is 8.33. The van der Waals surface area contributed by atoms with Crippen LogP contribution in [-0.2, 0) is 4.74 Å². The smallest absolute Gasteiger partial charge is 0.412 e. The van der Waals surface area contributed by atoms with Crippen LogP contribution in [0.5, 0.6) is 0 Å². The van der Waals surface area contributed by atoms with E-state index in [1.807, 2.05) is 39.0 Å². The second kappa shape index (κ2) is 4.70. The fourth-order valence-electron chi connectivity index (χ4n) is 1.45. The van der Waals surface area contributed by atoms with E-state index in [0.717, 1.165) is 14.2 Å². The van der Waals surface area contributed by atoms with Crippen LogP contribution >= 0.6 is 23.6 Å². The van der Waals surface area contributed by atoms with E-state index in [0.29, 0.717) is 5.69 Å². The third kappa shape index (κ3) is 3.30. The molecule has 1 amide bonds. The van der Waals surface area contributed by atoms with Gasteiger partial charge in [-0.15, -0.1) is 11.3 Å². The highest BCUT2D eigenvalue weighted by atomic mass is 32.1. The summed E-state index contributed by atoms with van der Waals surface area (Å²) in [4.78, 5) is 14.7.